The van der Waals surface area contributed by atoms with Crippen LogP contribution in [-0.4, -0.2) is 30.2 Å². The van der Waals surface area contributed by atoms with E-state index in [1.54, 1.807) is 18.5 Å². The van der Waals surface area contributed by atoms with Crippen molar-refractivity contribution in [3.63, 3.8) is 0 Å². The first kappa shape index (κ1) is 21.1. The quantitative estimate of drug-likeness (QED) is 0.349. The van der Waals surface area contributed by atoms with E-state index in [2.05, 4.69) is 4.98 Å². The van der Waals surface area contributed by atoms with Gasteiger partial charge in [-0.1, -0.05) is 25.6 Å². The molecule has 0 aliphatic rings. The highest BCUT2D eigenvalue weighted by atomic mass is 32.2. The topological polar surface area (TPSA) is 122 Å². The van der Waals surface area contributed by atoms with Gasteiger partial charge >= 0.3 is 5.69 Å². The Morgan fingerprint density at radius 1 is 1.21 bits per heavy atom. The van der Waals surface area contributed by atoms with Gasteiger partial charge in [0.15, 0.2) is 10.9 Å². The van der Waals surface area contributed by atoms with Gasteiger partial charge in [-0.15, -0.1) is 11.3 Å². The second-order valence-electron chi connectivity index (χ2n) is 7.02. The maximum absolute atomic E-state index is 12.8. The number of carbonyl (C=O) groups excluding carboxylic acids is 1. The van der Waals surface area contributed by atoms with Crippen molar-refractivity contribution < 1.29 is 4.79 Å². The molecular weight excluding hydrogens is 414 g/mol. The van der Waals surface area contributed by atoms with Crippen molar-refractivity contribution in [2.45, 2.75) is 25.5 Å². The van der Waals surface area contributed by atoms with Crippen molar-refractivity contribution in [3.05, 3.63) is 48.2 Å². The van der Waals surface area contributed by atoms with Gasteiger partial charge in [0.05, 0.1) is 11.3 Å². The number of carbonyl (C=O) groups is 1. The summed E-state index contributed by atoms with van der Waals surface area (Å²) < 4.78 is 4.05. The van der Waals surface area contributed by atoms with Crippen LogP contribution < -0.4 is 22.5 Å². The van der Waals surface area contributed by atoms with Gasteiger partial charge in [-0.2, -0.15) is 0 Å². The summed E-state index contributed by atoms with van der Waals surface area (Å²) in [5.41, 5.74) is 4.90. The van der Waals surface area contributed by atoms with Gasteiger partial charge in [0.1, 0.15) is 16.1 Å². The zero-order valence-corrected chi connectivity index (χ0v) is 18.1. The Hall–Kier alpha value is -2.66. The molecule has 0 radical (unpaired) electrons. The number of hydrogen-bond donors (Lipinski definition) is 1. The Morgan fingerprint density at radius 2 is 1.90 bits per heavy atom. The van der Waals surface area contributed by atoms with Crippen molar-refractivity contribution in [2.24, 2.45) is 20.0 Å². The molecule has 154 valence electrons. The standard InChI is InChI=1S/C18H21N5O4S2/c1-9(2)7-23-14(19)12(15(25)22(4)18(23)27)11(24)8-29-17-20-10-5-6-28-13(10)16(26)21(17)3/h5-6,9H,7-8,19H2,1-4H3. The highest BCUT2D eigenvalue weighted by Gasteiger charge is 2.22. The highest BCUT2D eigenvalue weighted by Crippen LogP contribution is 2.21. The number of thioether (sulfide) groups is 1. The Balaban J connectivity index is 1.97. The molecule has 3 aromatic heterocycles. The van der Waals surface area contributed by atoms with Crippen LogP contribution in [0.25, 0.3) is 10.2 Å². The van der Waals surface area contributed by atoms with Gasteiger partial charge in [-0.05, 0) is 17.4 Å². The monoisotopic (exact) mass is 435 g/mol. The number of aromatic nitrogens is 4. The first-order chi connectivity index (χ1) is 13.6. The average Bonchev–Trinajstić information content (AvgIpc) is 3.14. The van der Waals surface area contributed by atoms with Crippen molar-refractivity contribution in [2.75, 3.05) is 11.5 Å². The number of rotatable bonds is 6. The SMILES string of the molecule is CC(C)Cn1c(N)c(C(=O)CSc2nc3ccsc3c(=O)n2C)c(=O)n(C)c1=O. The minimum absolute atomic E-state index is 0.0980. The molecular formula is C18H21N5O4S2. The molecule has 9 nitrogen and oxygen atoms in total. The molecule has 0 spiro atoms. The lowest BCUT2D eigenvalue weighted by molar-refractivity contribution is 0.102. The minimum Gasteiger partial charge on any atom is -0.384 e. The zero-order valence-electron chi connectivity index (χ0n) is 16.5. The third-order valence-corrected chi connectivity index (χ3v) is 6.31. The van der Waals surface area contributed by atoms with E-state index >= 15 is 0 Å². The molecule has 29 heavy (non-hydrogen) atoms. The van der Waals surface area contributed by atoms with Crippen molar-refractivity contribution >= 4 is 44.9 Å². The molecule has 3 heterocycles. The van der Waals surface area contributed by atoms with Crippen LogP contribution in [-0.2, 0) is 20.6 Å². The smallest absolute Gasteiger partial charge is 0.332 e. The second-order valence-corrected chi connectivity index (χ2v) is 8.88. The van der Waals surface area contributed by atoms with E-state index in [-0.39, 0.29) is 35.2 Å². The van der Waals surface area contributed by atoms with E-state index in [1.165, 1.54) is 27.5 Å². The molecule has 0 saturated heterocycles. The molecule has 0 amide bonds. The number of nitrogen functional groups attached to an aromatic ring is 1. The van der Waals surface area contributed by atoms with Crippen LogP contribution in [0.2, 0.25) is 0 Å². The molecule has 0 aromatic carbocycles. The minimum atomic E-state index is -0.728. The molecule has 0 unspecified atom stereocenters. The largest absolute Gasteiger partial charge is 0.384 e. The summed E-state index contributed by atoms with van der Waals surface area (Å²) in [5.74, 6) is -0.700. The van der Waals surface area contributed by atoms with Crippen LogP contribution in [0.1, 0.15) is 24.2 Å². The summed E-state index contributed by atoms with van der Waals surface area (Å²) in [6.07, 6.45) is 0. The third-order valence-electron chi connectivity index (χ3n) is 4.39. The number of fused-ring (bicyclic) bond motifs is 1. The summed E-state index contributed by atoms with van der Waals surface area (Å²) in [6, 6.07) is 1.74. The van der Waals surface area contributed by atoms with E-state index in [0.717, 1.165) is 16.3 Å². The summed E-state index contributed by atoms with van der Waals surface area (Å²) in [6.45, 7) is 4.10. The number of Topliss-reactive ketones (excluding diaryl/α,β-unsaturated/α-hetero) is 1. The summed E-state index contributed by atoms with van der Waals surface area (Å²) in [7, 11) is 2.90. The van der Waals surface area contributed by atoms with Crippen molar-refractivity contribution in [3.8, 4) is 0 Å². The van der Waals surface area contributed by atoms with Gasteiger partial charge < -0.3 is 5.73 Å². The third kappa shape index (κ3) is 3.79. The van der Waals surface area contributed by atoms with Gasteiger partial charge in [0.25, 0.3) is 11.1 Å². The fourth-order valence-electron chi connectivity index (χ4n) is 2.89. The van der Waals surface area contributed by atoms with E-state index in [1.807, 2.05) is 13.8 Å². The molecule has 11 heteroatoms. The van der Waals surface area contributed by atoms with Crippen molar-refractivity contribution in [1.29, 1.82) is 0 Å². The molecule has 2 N–H and O–H groups in total. The summed E-state index contributed by atoms with van der Waals surface area (Å²) in [5, 5.41) is 2.14. The van der Waals surface area contributed by atoms with E-state index in [4.69, 9.17) is 5.73 Å². The molecule has 0 bridgehead atoms. The first-order valence-electron chi connectivity index (χ1n) is 8.83. The summed E-state index contributed by atoms with van der Waals surface area (Å²) in [4.78, 5) is 54.5. The fourth-order valence-corrected chi connectivity index (χ4v) is 4.54. The first-order valence-corrected chi connectivity index (χ1v) is 10.7. The van der Waals surface area contributed by atoms with Gasteiger partial charge in [0.2, 0.25) is 0 Å². The Bertz CT molecular complexity index is 1280. The van der Waals surface area contributed by atoms with Crippen molar-refractivity contribution in [1.82, 2.24) is 18.7 Å². The van der Waals surface area contributed by atoms with Gasteiger partial charge in [0, 0.05) is 20.6 Å². The molecule has 0 aliphatic carbocycles. The van der Waals surface area contributed by atoms with Gasteiger partial charge in [-0.25, -0.2) is 9.78 Å². The summed E-state index contributed by atoms with van der Waals surface area (Å²) >= 11 is 2.35. The maximum atomic E-state index is 12.8. The Morgan fingerprint density at radius 3 is 2.55 bits per heavy atom. The van der Waals surface area contributed by atoms with E-state index in [9.17, 15) is 19.2 Å². The molecule has 3 aromatic rings. The highest BCUT2D eigenvalue weighted by molar-refractivity contribution is 7.99. The van der Waals surface area contributed by atoms with Crippen LogP contribution in [0.3, 0.4) is 0 Å². The predicted octanol–water partition coefficient (Wildman–Crippen LogP) is 1.07. The molecule has 3 rings (SSSR count). The van der Waals surface area contributed by atoms with E-state index < -0.39 is 17.0 Å². The van der Waals surface area contributed by atoms with Crippen LogP contribution in [0, 0.1) is 5.92 Å². The maximum Gasteiger partial charge on any atom is 0.332 e. The number of thiophene rings is 1. The Labute approximate surface area is 173 Å². The number of hydrogen-bond acceptors (Lipinski definition) is 8. The number of ketones is 1. The lowest BCUT2D eigenvalue weighted by atomic mass is 10.2. The van der Waals surface area contributed by atoms with Crippen LogP contribution in [0.5, 0.6) is 0 Å². The van der Waals surface area contributed by atoms with Gasteiger partial charge in [-0.3, -0.25) is 28.1 Å². The Kier molecular flexibility index (Phi) is 5.80. The number of nitrogens with zero attached hydrogens (tertiary/aromatic N) is 4. The predicted molar refractivity (Wildman–Crippen MR) is 115 cm³/mol. The van der Waals surface area contributed by atoms with Crippen LogP contribution >= 0.6 is 23.1 Å². The molecule has 0 aliphatic heterocycles. The molecule has 0 fully saturated rings. The lowest BCUT2D eigenvalue weighted by Crippen LogP contribution is -2.43. The number of nitrogens with two attached hydrogens (primary N) is 1. The average molecular weight is 436 g/mol. The number of anilines is 1. The van der Waals surface area contributed by atoms with Crippen LogP contribution in [0.15, 0.2) is 31.0 Å². The molecule has 0 atom stereocenters. The zero-order chi connectivity index (χ0) is 21.5. The van der Waals surface area contributed by atoms with E-state index in [0.29, 0.717) is 15.4 Å². The lowest BCUT2D eigenvalue weighted by Gasteiger charge is -2.16. The van der Waals surface area contributed by atoms with Crippen LogP contribution in [0.4, 0.5) is 5.82 Å². The molecule has 0 saturated carbocycles. The normalized spacial score (nSPS) is 11.5. The second kappa shape index (κ2) is 7.99. The fraction of sp³-hybridized carbons (Fsp3) is 0.389.